The Morgan fingerprint density at radius 1 is 1.39 bits per heavy atom. The molecule has 0 amide bonds. The minimum absolute atomic E-state index is 0.0487. The zero-order valence-electron chi connectivity index (χ0n) is 10.2. The van der Waals surface area contributed by atoms with Gasteiger partial charge in [0.1, 0.15) is 6.61 Å². The molecule has 0 aromatic carbocycles. The van der Waals surface area contributed by atoms with Gasteiger partial charge in [-0.05, 0) is 44.1 Å². The van der Waals surface area contributed by atoms with Crippen molar-refractivity contribution in [3.05, 3.63) is 30.4 Å². The van der Waals surface area contributed by atoms with E-state index in [2.05, 4.69) is 15.3 Å². The number of esters is 1. The lowest BCUT2D eigenvalue weighted by Gasteiger charge is -2.20. The van der Waals surface area contributed by atoms with Crippen molar-refractivity contribution in [2.75, 3.05) is 19.7 Å². The molecule has 18 heavy (non-hydrogen) atoms. The second kappa shape index (κ2) is 6.86. The highest BCUT2D eigenvalue weighted by Gasteiger charge is 2.21. The normalized spacial score (nSPS) is 16.9. The highest BCUT2D eigenvalue weighted by Crippen LogP contribution is 2.13. The fourth-order valence-electron chi connectivity index (χ4n) is 1.86. The largest absolute Gasteiger partial charge is 0.461 e. The van der Waals surface area contributed by atoms with Crippen molar-refractivity contribution in [3.8, 4) is 0 Å². The van der Waals surface area contributed by atoms with Gasteiger partial charge in [-0.1, -0.05) is 0 Å². The van der Waals surface area contributed by atoms with Crippen LogP contribution in [0.15, 0.2) is 24.5 Å². The second-order valence-corrected chi connectivity index (χ2v) is 4.16. The predicted molar refractivity (Wildman–Crippen MR) is 67.6 cm³/mol. The van der Waals surface area contributed by atoms with E-state index in [-0.39, 0.29) is 18.5 Å². The van der Waals surface area contributed by atoms with Gasteiger partial charge in [0.2, 0.25) is 0 Å². The van der Waals surface area contributed by atoms with Crippen molar-refractivity contribution >= 4 is 12.0 Å². The second-order valence-electron chi connectivity index (χ2n) is 4.16. The molecule has 1 aromatic heterocycles. The Bertz CT molecular complexity index is 400. The van der Waals surface area contributed by atoms with Crippen molar-refractivity contribution in [2.45, 2.75) is 12.8 Å². The van der Waals surface area contributed by atoms with Gasteiger partial charge in [-0.15, -0.1) is 0 Å². The van der Waals surface area contributed by atoms with Crippen LogP contribution < -0.4 is 5.32 Å². The van der Waals surface area contributed by atoms with E-state index < -0.39 is 0 Å². The summed E-state index contributed by atoms with van der Waals surface area (Å²) in [6.45, 7) is 2.07. The third-order valence-electron chi connectivity index (χ3n) is 2.85. The monoisotopic (exact) mass is 247 g/mol. The van der Waals surface area contributed by atoms with Crippen LogP contribution in [-0.2, 0) is 9.53 Å². The Morgan fingerprint density at radius 2 is 2.11 bits per heavy atom. The first-order valence-corrected chi connectivity index (χ1v) is 6.17. The molecule has 1 fully saturated rings. The topological polar surface area (TPSA) is 64.1 Å². The first kappa shape index (κ1) is 12.7. The molecule has 1 aromatic rings. The summed E-state index contributed by atoms with van der Waals surface area (Å²) in [4.78, 5) is 19.8. The van der Waals surface area contributed by atoms with Crippen LogP contribution in [0, 0.1) is 5.92 Å². The third kappa shape index (κ3) is 3.92. The zero-order chi connectivity index (χ0) is 12.6. The van der Waals surface area contributed by atoms with Crippen molar-refractivity contribution < 1.29 is 9.53 Å². The number of hydrogen-bond donors (Lipinski definition) is 1. The molecule has 0 unspecified atom stereocenters. The summed E-state index contributed by atoms with van der Waals surface area (Å²) in [6, 6.07) is 1.76. The maximum Gasteiger partial charge on any atom is 0.309 e. The lowest BCUT2D eigenvalue weighted by Crippen LogP contribution is -2.32. The maximum absolute atomic E-state index is 11.7. The van der Waals surface area contributed by atoms with Crippen molar-refractivity contribution in [1.29, 1.82) is 0 Å². The number of piperidine rings is 1. The van der Waals surface area contributed by atoms with Crippen molar-refractivity contribution in [1.82, 2.24) is 15.3 Å². The molecule has 0 spiro atoms. The first-order chi connectivity index (χ1) is 8.86. The molecule has 1 aliphatic heterocycles. The average molecular weight is 247 g/mol. The first-order valence-electron chi connectivity index (χ1n) is 6.17. The minimum atomic E-state index is -0.102. The smallest absolute Gasteiger partial charge is 0.309 e. The number of carbonyl (C=O) groups excluding carboxylic acids is 1. The fourth-order valence-corrected chi connectivity index (χ4v) is 1.86. The van der Waals surface area contributed by atoms with Crippen LogP contribution in [0.2, 0.25) is 0 Å². The molecule has 0 aliphatic carbocycles. The van der Waals surface area contributed by atoms with Crippen LogP contribution >= 0.6 is 0 Å². The van der Waals surface area contributed by atoms with Gasteiger partial charge in [-0.25, -0.2) is 9.97 Å². The highest BCUT2D eigenvalue weighted by atomic mass is 16.5. The van der Waals surface area contributed by atoms with Crippen LogP contribution in [-0.4, -0.2) is 35.6 Å². The van der Waals surface area contributed by atoms with Gasteiger partial charge in [0.05, 0.1) is 5.92 Å². The molecule has 5 nitrogen and oxygen atoms in total. The van der Waals surface area contributed by atoms with Gasteiger partial charge in [0.15, 0.2) is 5.82 Å². The molecule has 1 N–H and O–H groups in total. The average Bonchev–Trinajstić information content (AvgIpc) is 2.45. The molecule has 2 rings (SSSR count). The SMILES string of the molecule is O=C(OCC=Cc1ncccn1)C1CCNCC1. The molecule has 5 heteroatoms. The van der Waals surface area contributed by atoms with E-state index in [9.17, 15) is 4.79 Å². The molecule has 96 valence electrons. The summed E-state index contributed by atoms with van der Waals surface area (Å²) in [6.07, 6.45) is 8.58. The molecule has 0 bridgehead atoms. The van der Waals surface area contributed by atoms with Crippen molar-refractivity contribution in [3.63, 3.8) is 0 Å². The number of aromatic nitrogens is 2. The standard InChI is InChI=1S/C13H17N3O2/c17-13(11-4-8-14-9-5-11)18-10-1-3-12-15-6-2-7-16-12/h1-3,6-7,11,14H,4-5,8-10H2. The van der Waals surface area contributed by atoms with E-state index in [1.165, 1.54) is 0 Å². The van der Waals surface area contributed by atoms with Gasteiger partial charge in [0.25, 0.3) is 0 Å². The summed E-state index contributed by atoms with van der Waals surface area (Å²) in [5.41, 5.74) is 0. The number of nitrogens with one attached hydrogen (secondary N) is 1. The van der Waals surface area contributed by atoms with Crippen LogP contribution in [0.3, 0.4) is 0 Å². The lowest BCUT2D eigenvalue weighted by molar-refractivity contribution is -0.148. The predicted octanol–water partition coefficient (Wildman–Crippen LogP) is 1.03. The summed E-state index contributed by atoms with van der Waals surface area (Å²) >= 11 is 0. The summed E-state index contributed by atoms with van der Waals surface area (Å²) < 4.78 is 5.19. The minimum Gasteiger partial charge on any atom is -0.461 e. The molecule has 1 saturated heterocycles. The van der Waals surface area contributed by atoms with Crippen LogP contribution in [0.5, 0.6) is 0 Å². The molecule has 1 aliphatic rings. The van der Waals surface area contributed by atoms with Crippen LogP contribution in [0.1, 0.15) is 18.7 Å². The van der Waals surface area contributed by atoms with Crippen molar-refractivity contribution in [2.24, 2.45) is 5.92 Å². The Kier molecular flexibility index (Phi) is 4.84. The number of nitrogens with zero attached hydrogens (tertiary/aromatic N) is 2. The number of rotatable bonds is 4. The van der Waals surface area contributed by atoms with E-state index in [1.807, 2.05) is 0 Å². The van der Waals surface area contributed by atoms with E-state index in [0.29, 0.717) is 5.82 Å². The Hall–Kier alpha value is -1.75. The Labute approximate surface area is 106 Å². The van der Waals surface area contributed by atoms with E-state index in [1.54, 1.807) is 30.6 Å². The molecule has 2 heterocycles. The van der Waals surface area contributed by atoms with Gasteiger partial charge < -0.3 is 10.1 Å². The zero-order valence-corrected chi connectivity index (χ0v) is 10.2. The summed E-state index contributed by atoms with van der Waals surface area (Å²) in [5, 5.41) is 3.22. The lowest BCUT2D eigenvalue weighted by atomic mass is 9.99. The quantitative estimate of drug-likeness (QED) is 0.805. The van der Waals surface area contributed by atoms with Gasteiger partial charge in [-0.2, -0.15) is 0 Å². The summed E-state index contributed by atoms with van der Waals surface area (Å²) in [5.74, 6) is 0.568. The maximum atomic E-state index is 11.7. The molecule has 0 radical (unpaired) electrons. The van der Waals surface area contributed by atoms with Crippen LogP contribution in [0.25, 0.3) is 6.08 Å². The van der Waals surface area contributed by atoms with E-state index in [0.717, 1.165) is 25.9 Å². The Morgan fingerprint density at radius 3 is 2.83 bits per heavy atom. The molecular formula is C13H17N3O2. The molecular weight excluding hydrogens is 230 g/mol. The highest BCUT2D eigenvalue weighted by molar-refractivity contribution is 5.72. The van der Waals surface area contributed by atoms with E-state index >= 15 is 0 Å². The fraction of sp³-hybridized carbons (Fsp3) is 0.462. The molecule has 0 saturated carbocycles. The third-order valence-corrected chi connectivity index (χ3v) is 2.85. The number of carbonyl (C=O) groups is 1. The van der Waals surface area contributed by atoms with E-state index in [4.69, 9.17) is 4.74 Å². The van der Waals surface area contributed by atoms with Crippen LogP contribution in [0.4, 0.5) is 0 Å². The summed E-state index contributed by atoms with van der Waals surface area (Å²) in [7, 11) is 0. The Balaban J connectivity index is 1.71. The number of ether oxygens (including phenoxy) is 1. The number of hydrogen-bond acceptors (Lipinski definition) is 5. The molecule has 0 atom stereocenters. The van der Waals surface area contributed by atoms with Gasteiger partial charge in [0, 0.05) is 12.4 Å². The van der Waals surface area contributed by atoms with Gasteiger partial charge >= 0.3 is 5.97 Å². The van der Waals surface area contributed by atoms with Gasteiger partial charge in [-0.3, -0.25) is 4.79 Å².